The van der Waals surface area contributed by atoms with Gasteiger partial charge in [-0.25, -0.2) is 0 Å². The minimum absolute atomic E-state index is 0.0197. The zero-order valence-corrected chi connectivity index (χ0v) is 5.31. The first-order chi connectivity index (χ1) is 4.13. The molecule has 0 aliphatic rings. The van der Waals surface area contributed by atoms with Crippen LogP contribution in [-0.2, 0) is 4.74 Å². The summed E-state index contributed by atoms with van der Waals surface area (Å²) >= 11 is 4.99. The Balaban J connectivity index is 2.91. The van der Waals surface area contributed by atoms with Crippen molar-refractivity contribution in [3.8, 4) is 0 Å². The van der Waals surface area contributed by atoms with Gasteiger partial charge in [-0.05, 0) is 0 Å². The third-order valence-electron chi connectivity index (χ3n) is 0.600. The van der Waals surface area contributed by atoms with Crippen LogP contribution in [-0.4, -0.2) is 23.9 Å². The largest absolute Gasteiger partial charge is 0.378 e. The minimum atomic E-state index is -2.78. The van der Waals surface area contributed by atoms with Crippen LogP contribution in [0.2, 0.25) is 0 Å². The fourth-order valence-electron chi connectivity index (χ4n) is 0.254. The van der Waals surface area contributed by atoms with Crippen molar-refractivity contribution in [3.05, 3.63) is 0 Å². The summed E-state index contributed by atoms with van der Waals surface area (Å²) in [4.78, 5) is 0. The van der Waals surface area contributed by atoms with E-state index in [0.29, 0.717) is 0 Å². The van der Waals surface area contributed by atoms with Gasteiger partial charge in [-0.3, -0.25) is 0 Å². The lowest BCUT2D eigenvalue weighted by Crippen LogP contribution is -2.06. The minimum Gasteiger partial charge on any atom is -0.378 e. The number of alkyl halides is 3. The van der Waals surface area contributed by atoms with Crippen molar-refractivity contribution in [2.75, 3.05) is 6.61 Å². The molecule has 0 fully saturated rings. The van der Waals surface area contributed by atoms with Gasteiger partial charge in [0.25, 0.3) is 0 Å². The summed E-state index contributed by atoms with van der Waals surface area (Å²) in [5, 5.41) is 8.31. The second-order valence-electron chi connectivity index (χ2n) is 1.35. The summed E-state index contributed by atoms with van der Waals surface area (Å²) in [5.74, 6) is 0. The maximum Gasteiger partial charge on any atom is 0.345 e. The normalized spacial score (nSPS) is 14.3. The average Bonchev–Trinajstić information content (AvgIpc) is 1.63. The van der Waals surface area contributed by atoms with Gasteiger partial charge in [-0.1, -0.05) is 11.6 Å². The Morgan fingerprint density at radius 1 is 1.56 bits per heavy atom. The Hall–Kier alpha value is 0.0700. The maximum absolute atomic E-state index is 11.1. The monoisotopic (exact) mass is 160 g/mol. The first-order valence-electron chi connectivity index (χ1n) is 2.35. The fraction of sp³-hybridized carbons (Fsp3) is 1.00. The summed E-state index contributed by atoms with van der Waals surface area (Å²) in [7, 11) is 0. The lowest BCUT2D eigenvalue weighted by Gasteiger charge is -2.01. The van der Waals surface area contributed by atoms with Crippen LogP contribution in [0.3, 0.4) is 0 Å². The highest BCUT2D eigenvalue weighted by Crippen LogP contribution is 2.00. The molecule has 0 rings (SSSR count). The van der Waals surface area contributed by atoms with Crippen LogP contribution in [0, 0.1) is 0 Å². The van der Waals surface area contributed by atoms with E-state index in [4.69, 9.17) is 16.7 Å². The van der Waals surface area contributed by atoms with E-state index in [-0.39, 0.29) is 13.0 Å². The van der Waals surface area contributed by atoms with Crippen LogP contribution in [0.1, 0.15) is 6.42 Å². The SMILES string of the molecule is OC(Cl)CCOC(F)F. The van der Waals surface area contributed by atoms with E-state index in [2.05, 4.69) is 4.74 Å². The number of aliphatic hydroxyl groups excluding tert-OH is 1. The maximum atomic E-state index is 11.1. The molecule has 0 aromatic carbocycles. The zero-order valence-electron chi connectivity index (χ0n) is 4.56. The average molecular weight is 161 g/mol. The number of rotatable bonds is 4. The van der Waals surface area contributed by atoms with Crippen LogP contribution in [0.5, 0.6) is 0 Å². The summed E-state index contributed by atoms with van der Waals surface area (Å²) in [6, 6.07) is 0. The quantitative estimate of drug-likeness (QED) is 0.626. The van der Waals surface area contributed by atoms with Crippen molar-refractivity contribution in [1.29, 1.82) is 0 Å². The summed E-state index contributed by atoms with van der Waals surface area (Å²) in [6.07, 6.45) is 0.0197. The molecule has 9 heavy (non-hydrogen) atoms. The van der Waals surface area contributed by atoms with Gasteiger partial charge < -0.3 is 9.84 Å². The highest BCUT2D eigenvalue weighted by atomic mass is 35.5. The third-order valence-corrected chi connectivity index (χ3v) is 0.818. The van der Waals surface area contributed by atoms with Crippen molar-refractivity contribution < 1.29 is 18.6 Å². The molecule has 5 heteroatoms. The molecule has 0 aromatic heterocycles. The van der Waals surface area contributed by atoms with Gasteiger partial charge in [0.05, 0.1) is 6.61 Å². The molecular weight excluding hydrogens is 153 g/mol. The van der Waals surface area contributed by atoms with Gasteiger partial charge >= 0.3 is 6.61 Å². The molecule has 1 N–H and O–H groups in total. The summed E-state index contributed by atoms with van der Waals surface area (Å²) in [6.45, 7) is -3.00. The van der Waals surface area contributed by atoms with Crippen LogP contribution in [0.15, 0.2) is 0 Å². The van der Waals surface area contributed by atoms with Crippen LogP contribution >= 0.6 is 11.6 Å². The molecule has 0 bridgehead atoms. The van der Waals surface area contributed by atoms with Gasteiger partial charge in [0.2, 0.25) is 0 Å². The summed E-state index contributed by atoms with van der Waals surface area (Å²) < 4.78 is 26.1. The number of ether oxygens (including phenoxy) is 1. The Bertz CT molecular complexity index is 61.6. The van der Waals surface area contributed by atoms with Crippen molar-refractivity contribution in [2.45, 2.75) is 18.6 Å². The Morgan fingerprint density at radius 2 is 2.11 bits per heavy atom. The molecule has 0 radical (unpaired) electrons. The predicted octanol–water partition coefficient (Wildman–Crippen LogP) is 1.17. The molecule has 0 heterocycles. The molecule has 0 saturated heterocycles. The van der Waals surface area contributed by atoms with Gasteiger partial charge in [0.15, 0.2) is 0 Å². The topological polar surface area (TPSA) is 29.5 Å². The van der Waals surface area contributed by atoms with Crippen molar-refractivity contribution >= 4 is 11.6 Å². The molecule has 1 unspecified atom stereocenters. The highest BCUT2D eigenvalue weighted by Gasteiger charge is 2.02. The molecular formula is C4H7ClF2O2. The Morgan fingerprint density at radius 3 is 2.44 bits per heavy atom. The van der Waals surface area contributed by atoms with E-state index < -0.39 is 12.2 Å². The first-order valence-corrected chi connectivity index (χ1v) is 2.78. The molecule has 1 atom stereocenters. The molecule has 0 aromatic rings. The van der Waals surface area contributed by atoms with E-state index in [1.807, 2.05) is 0 Å². The summed E-state index contributed by atoms with van der Waals surface area (Å²) in [5.41, 5.74) is -1.09. The number of aliphatic hydroxyl groups is 1. The van der Waals surface area contributed by atoms with Gasteiger partial charge in [0.1, 0.15) is 5.56 Å². The fourth-order valence-corrected chi connectivity index (χ4v) is 0.343. The van der Waals surface area contributed by atoms with Gasteiger partial charge in [0, 0.05) is 6.42 Å². The molecule has 2 nitrogen and oxygen atoms in total. The second-order valence-corrected chi connectivity index (χ2v) is 1.86. The molecule has 56 valence electrons. The third kappa shape index (κ3) is 8.07. The van der Waals surface area contributed by atoms with Crippen molar-refractivity contribution in [3.63, 3.8) is 0 Å². The number of halogens is 3. The van der Waals surface area contributed by atoms with Gasteiger partial charge in [-0.2, -0.15) is 8.78 Å². The highest BCUT2D eigenvalue weighted by molar-refractivity contribution is 6.19. The van der Waals surface area contributed by atoms with E-state index in [9.17, 15) is 8.78 Å². The predicted molar refractivity (Wildman–Crippen MR) is 28.4 cm³/mol. The molecule has 0 aliphatic carbocycles. The van der Waals surface area contributed by atoms with Crippen LogP contribution in [0.4, 0.5) is 8.78 Å². The lowest BCUT2D eigenvalue weighted by molar-refractivity contribution is -0.131. The Labute approximate surface area is 56.4 Å². The van der Waals surface area contributed by atoms with Crippen LogP contribution in [0.25, 0.3) is 0 Å². The Kier molecular flexibility index (Phi) is 4.94. The number of hydrogen-bond donors (Lipinski definition) is 1. The van der Waals surface area contributed by atoms with Crippen LogP contribution < -0.4 is 0 Å². The molecule has 0 spiro atoms. The second kappa shape index (κ2) is 4.90. The van der Waals surface area contributed by atoms with E-state index in [1.165, 1.54) is 0 Å². The zero-order chi connectivity index (χ0) is 7.28. The van der Waals surface area contributed by atoms with Crippen molar-refractivity contribution in [2.24, 2.45) is 0 Å². The van der Waals surface area contributed by atoms with Gasteiger partial charge in [-0.15, -0.1) is 0 Å². The van der Waals surface area contributed by atoms with E-state index >= 15 is 0 Å². The smallest absolute Gasteiger partial charge is 0.345 e. The lowest BCUT2D eigenvalue weighted by atomic mass is 10.5. The molecule has 0 aliphatic heterocycles. The first kappa shape index (κ1) is 9.07. The standard InChI is InChI=1S/C4H7ClF2O2/c5-3(8)1-2-9-4(6)7/h3-4,8H,1-2H2. The number of hydrogen-bond acceptors (Lipinski definition) is 2. The molecule has 0 amide bonds. The molecule has 0 saturated carbocycles. The van der Waals surface area contributed by atoms with E-state index in [0.717, 1.165) is 0 Å². The van der Waals surface area contributed by atoms with E-state index in [1.54, 1.807) is 0 Å². The van der Waals surface area contributed by atoms with Crippen molar-refractivity contribution in [1.82, 2.24) is 0 Å².